The van der Waals surface area contributed by atoms with Crippen molar-refractivity contribution in [1.29, 1.82) is 0 Å². The SMILES string of the molecule is CCC(C)n1ncc2c(C(=O)N(C)C3CC4CCC(C3)N4)cc(C)nc21.Cl.Cl. The van der Waals surface area contributed by atoms with Crippen molar-refractivity contribution in [3.05, 3.63) is 23.5 Å². The fraction of sp³-hybridized carbons (Fsp3) is 0.650. The second kappa shape index (κ2) is 8.97. The number of hydrogen-bond acceptors (Lipinski definition) is 4. The minimum Gasteiger partial charge on any atom is -0.339 e. The third-order valence-corrected chi connectivity index (χ3v) is 6.25. The standard InChI is InChI=1S/C20H29N5O.2ClH/c1-5-13(3)25-19-18(11-21-25)17(8-12(2)22-19)20(26)24(4)16-9-14-6-7-15(10-16)23-14;;/h8,11,13-16,23H,5-7,9-10H2,1-4H3;2*1H. The molecule has 6 nitrogen and oxygen atoms in total. The normalized spacial score (nSPS) is 24.4. The molecule has 3 atom stereocenters. The number of amides is 1. The molecule has 2 aromatic rings. The number of halogens is 2. The number of nitrogens with one attached hydrogen (secondary N) is 1. The number of hydrogen-bond donors (Lipinski definition) is 1. The van der Waals surface area contributed by atoms with Crippen molar-refractivity contribution >= 4 is 41.8 Å². The van der Waals surface area contributed by atoms with Gasteiger partial charge >= 0.3 is 0 Å². The lowest BCUT2D eigenvalue weighted by Crippen LogP contribution is -2.48. The van der Waals surface area contributed by atoms with Crippen molar-refractivity contribution in [2.45, 2.75) is 77.0 Å². The minimum absolute atomic E-state index is 0. The highest BCUT2D eigenvalue weighted by molar-refractivity contribution is 6.05. The Bertz CT molecular complexity index is 827. The highest BCUT2D eigenvalue weighted by Gasteiger charge is 2.37. The molecule has 2 aromatic heterocycles. The quantitative estimate of drug-likeness (QED) is 0.802. The van der Waals surface area contributed by atoms with Crippen LogP contribution in [0, 0.1) is 6.92 Å². The van der Waals surface area contributed by atoms with Crippen LogP contribution in [0.2, 0.25) is 0 Å². The first-order chi connectivity index (χ1) is 12.5. The third-order valence-electron chi connectivity index (χ3n) is 6.25. The average molecular weight is 428 g/mol. The van der Waals surface area contributed by atoms with Crippen LogP contribution < -0.4 is 5.32 Å². The van der Waals surface area contributed by atoms with E-state index in [1.807, 2.05) is 29.6 Å². The summed E-state index contributed by atoms with van der Waals surface area (Å²) in [5.74, 6) is 0.0931. The second-order valence-electron chi connectivity index (χ2n) is 8.07. The maximum atomic E-state index is 13.3. The van der Waals surface area contributed by atoms with Crippen LogP contribution in [0.15, 0.2) is 12.3 Å². The lowest BCUT2D eigenvalue weighted by atomic mass is 9.97. The number of nitrogens with zero attached hydrogens (tertiary/aromatic N) is 4. The summed E-state index contributed by atoms with van der Waals surface area (Å²) in [7, 11) is 1.96. The van der Waals surface area contributed by atoms with Crippen LogP contribution >= 0.6 is 24.8 Å². The first-order valence-corrected chi connectivity index (χ1v) is 9.86. The van der Waals surface area contributed by atoms with E-state index in [9.17, 15) is 4.79 Å². The van der Waals surface area contributed by atoms with Crippen molar-refractivity contribution in [2.75, 3.05) is 7.05 Å². The van der Waals surface area contributed by atoms with E-state index in [0.29, 0.717) is 18.1 Å². The van der Waals surface area contributed by atoms with Gasteiger partial charge in [-0.05, 0) is 52.0 Å². The lowest BCUT2D eigenvalue weighted by Gasteiger charge is -2.35. The molecular weight excluding hydrogens is 397 g/mol. The van der Waals surface area contributed by atoms with Crippen molar-refractivity contribution in [3.8, 4) is 0 Å². The van der Waals surface area contributed by atoms with Gasteiger partial charge in [0.15, 0.2) is 5.65 Å². The molecule has 1 N–H and O–H groups in total. The Morgan fingerprint density at radius 2 is 1.96 bits per heavy atom. The Balaban J connectivity index is 0.00000140. The summed E-state index contributed by atoms with van der Waals surface area (Å²) in [6.07, 6.45) is 7.37. The van der Waals surface area contributed by atoms with Crippen molar-refractivity contribution in [2.24, 2.45) is 0 Å². The highest BCUT2D eigenvalue weighted by atomic mass is 35.5. The van der Waals surface area contributed by atoms with E-state index in [4.69, 9.17) is 0 Å². The van der Waals surface area contributed by atoms with E-state index in [1.165, 1.54) is 12.8 Å². The smallest absolute Gasteiger partial charge is 0.254 e. The fourth-order valence-electron chi connectivity index (χ4n) is 4.51. The molecule has 156 valence electrons. The summed E-state index contributed by atoms with van der Waals surface area (Å²) in [5, 5.41) is 9.05. The van der Waals surface area contributed by atoms with E-state index in [1.54, 1.807) is 6.20 Å². The molecule has 0 aromatic carbocycles. The van der Waals surface area contributed by atoms with E-state index >= 15 is 0 Å². The van der Waals surface area contributed by atoms with E-state index < -0.39 is 0 Å². The minimum atomic E-state index is 0. The van der Waals surface area contributed by atoms with Gasteiger partial charge in [-0.1, -0.05) is 6.92 Å². The van der Waals surface area contributed by atoms with Gasteiger partial charge in [-0.15, -0.1) is 24.8 Å². The molecule has 4 heterocycles. The summed E-state index contributed by atoms with van der Waals surface area (Å²) >= 11 is 0. The molecule has 2 bridgehead atoms. The number of carbonyl (C=O) groups is 1. The molecule has 0 spiro atoms. The van der Waals surface area contributed by atoms with Crippen LogP contribution in [0.5, 0.6) is 0 Å². The Labute approximate surface area is 179 Å². The second-order valence-corrected chi connectivity index (χ2v) is 8.07. The van der Waals surface area contributed by atoms with Gasteiger partial charge in [0.25, 0.3) is 5.91 Å². The largest absolute Gasteiger partial charge is 0.339 e. The summed E-state index contributed by atoms with van der Waals surface area (Å²) < 4.78 is 1.95. The van der Waals surface area contributed by atoms with Crippen molar-refractivity contribution < 1.29 is 4.79 Å². The first-order valence-electron chi connectivity index (χ1n) is 9.86. The molecule has 4 rings (SSSR count). The van der Waals surface area contributed by atoms with Gasteiger partial charge in [0.2, 0.25) is 0 Å². The number of carbonyl (C=O) groups excluding carboxylic acids is 1. The van der Waals surface area contributed by atoms with Crippen molar-refractivity contribution in [3.63, 3.8) is 0 Å². The van der Waals surface area contributed by atoms with Crippen LogP contribution in [0.25, 0.3) is 11.0 Å². The molecule has 0 saturated carbocycles. The Morgan fingerprint density at radius 3 is 2.57 bits per heavy atom. The zero-order valence-corrected chi connectivity index (χ0v) is 18.6. The molecule has 1 amide bonds. The molecule has 2 saturated heterocycles. The summed E-state index contributed by atoms with van der Waals surface area (Å²) in [5.41, 5.74) is 2.42. The molecule has 28 heavy (non-hydrogen) atoms. The monoisotopic (exact) mass is 427 g/mol. The van der Waals surface area contributed by atoms with Gasteiger partial charge < -0.3 is 10.2 Å². The van der Waals surface area contributed by atoms with Crippen LogP contribution in [0.1, 0.15) is 68.0 Å². The number of aromatic nitrogens is 3. The number of pyridine rings is 1. The number of piperidine rings is 1. The molecule has 2 aliphatic rings. The first kappa shape index (κ1) is 22.9. The van der Waals surface area contributed by atoms with Gasteiger partial charge in [-0.3, -0.25) is 4.79 Å². The summed E-state index contributed by atoms with van der Waals surface area (Å²) in [4.78, 5) is 20.0. The van der Waals surface area contributed by atoms with Gasteiger partial charge in [0.05, 0.1) is 23.2 Å². The van der Waals surface area contributed by atoms with E-state index in [2.05, 4.69) is 29.2 Å². The molecule has 2 aliphatic heterocycles. The zero-order valence-electron chi connectivity index (χ0n) is 17.0. The van der Waals surface area contributed by atoms with Gasteiger partial charge in [-0.25, -0.2) is 9.67 Å². The molecule has 0 radical (unpaired) electrons. The average Bonchev–Trinajstić information content (AvgIpc) is 3.21. The predicted octanol–water partition coefficient (Wildman–Crippen LogP) is 3.91. The molecule has 2 fully saturated rings. The van der Waals surface area contributed by atoms with Gasteiger partial charge in [0.1, 0.15) is 0 Å². The Hall–Kier alpha value is -1.37. The topological polar surface area (TPSA) is 63.1 Å². The molecule has 8 heteroatoms. The maximum absolute atomic E-state index is 13.3. The molecular formula is C20H31Cl2N5O. The molecule has 3 unspecified atom stereocenters. The maximum Gasteiger partial charge on any atom is 0.254 e. The Kier molecular flexibility index (Phi) is 7.34. The number of aryl methyl sites for hydroxylation is 1. The fourth-order valence-corrected chi connectivity index (χ4v) is 4.51. The van der Waals surface area contributed by atoms with Gasteiger partial charge in [-0.2, -0.15) is 5.10 Å². The van der Waals surface area contributed by atoms with Crippen LogP contribution in [-0.4, -0.2) is 50.7 Å². The highest BCUT2D eigenvalue weighted by Crippen LogP contribution is 2.31. The van der Waals surface area contributed by atoms with Crippen LogP contribution in [-0.2, 0) is 0 Å². The third kappa shape index (κ3) is 4.00. The predicted molar refractivity (Wildman–Crippen MR) is 117 cm³/mol. The number of rotatable bonds is 4. The number of fused-ring (bicyclic) bond motifs is 3. The van der Waals surface area contributed by atoms with E-state index in [-0.39, 0.29) is 36.8 Å². The summed E-state index contributed by atoms with van der Waals surface area (Å²) in [6, 6.07) is 3.64. The molecule has 0 aliphatic carbocycles. The van der Waals surface area contributed by atoms with Crippen LogP contribution in [0.4, 0.5) is 0 Å². The van der Waals surface area contributed by atoms with Crippen molar-refractivity contribution in [1.82, 2.24) is 25.0 Å². The zero-order chi connectivity index (χ0) is 18.4. The Morgan fingerprint density at radius 1 is 1.32 bits per heavy atom. The van der Waals surface area contributed by atoms with Crippen LogP contribution in [0.3, 0.4) is 0 Å². The van der Waals surface area contributed by atoms with Gasteiger partial charge in [0, 0.05) is 30.9 Å². The lowest BCUT2D eigenvalue weighted by molar-refractivity contribution is 0.0683. The van der Waals surface area contributed by atoms with E-state index in [0.717, 1.165) is 41.6 Å². The summed E-state index contributed by atoms with van der Waals surface area (Å²) in [6.45, 7) is 6.23.